The van der Waals surface area contributed by atoms with E-state index in [-0.39, 0.29) is 18.4 Å². The molecule has 0 saturated carbocycles. The van der Waals surface area contributed by atoms with Gasteiger partial charge in [0.05, 0.1) is 6.54 Å². The Hall–Kier alpha value is -1.85. The summed E-state index contributed by atoms with van der Waals surface area (Å²) in [5.41, 5.74) is 5.72. The van der Waals surface area contributed by atoms with Crippen LogP contribution in [-0.4, -0.2) is 36.5 Å². The van der Waals surface area contributed by atoms with Crippen molar-refractivity contribution in [3.05, 3.63) is 11.9 Å². The summed E-state index contributed by atoms with van der Waals surface area (Å²) in [6, 6.07) is 1.66. The van der Waals surface area contributed by atoms with E-state index in [0.29, 0.717) is 17.5 Å². The molecule has 0 saturated heterocycles. The number of nitrogen functional groups attached to an aromatic ring is 1. The van der Waals surface area contributed by atoms with E-state index in [1.165, 1.54) is 0 Å². The zero-order valence-electron chi connectivity index (χ0n) is 10.7. The highest BCUT2D eigenvalue weighted by atomic mass is 16.1. The lowest BCUT2D eigenvalue weighted by atomic mass is 10.2. The summed E-state index contributed by atoms with van der Waals surface area (Å²) in [4.78, 5) is 21.5. The molecule has 3 N–H and O–H groups in total. The molecule has 0 atom stereocenters. The Morgan fingerprint density at radius 2 is 2.18 bits per heavy atom. The van der Waals surface area contributed by atoms with Crippen LogP contribution in [0.15, 0.2) is 6.07 Å². The monoisotopic (exact) mass is 237 g/mol. The van der Waals surface area contributed by atoms with E-state index in [0.717, 1.165) is 0 Å². The van der Waals surface area contributed by atoms with E-state index in [4.69, 9.17) is 5.73 Å². The quantitative estimate of drug-likeness (QED) is 0.790. The van der Waals surface area contributed by atoms with E-state index in [1.807, 2.05) is 13.8 Å². The second-order valence-corrected chi connectivity index (χ2v) is 4.19. The number of nitrogens with one attached hydrogen (secondary N) is 1. The number of amides is 1. The second kappa shape index (κ2) is 5.47. The molecule has 0 aliphatic rings. The number of anilines is 2. The first-order valence-corrected chi connectivity index (χ1v) is 5.50. The van der Waals surface area contributed by atoms with Crippen LogP contribution in [0.2, 0.25) is 0 Å². The smallest absolute Gasteiger partial charge is 0.239 e. The van der Waals surface area contributed by atoms with E-state index in [2.05, 4.69) is 15.3 Å². The summed E-state index contributed by atoms with van der Waals surface area (Å²) < 4.78 is 0. The molecule has 0 spiro atoms. The number of aromatic nitrogens is 2. The molecule has 6 nitrogen and oxygen atoms in total. The fourth-order valence-corrected chi connectivity index (χ4v) is 1.30. The van der Waals surface area contributed by atoms with Gasteiger partial charge < -0.3 is 16.0 Å². The summed E-state index contributed by atoms with van der Waals surface area (Å²) >= 11 is 0. The Bertz CT molecular complexity index is 405. The van der Waals surface area contributed by atoms with E-state index < -0.39 is 0 Å². The molecule has 0 aliphatic carbocycles. The number of nitrogens with two attached hydrogens (primary N) is 1. The fourth-order valence-electron chi connectivity index (χ4n) is 1.30. The van der Waals surface area contributed by atoms with Crippen LogP contribution >= 0.6 is 0 Å². The maximum absolute atomic E-state index is 11.3. The topological polar surface area (TPSA) is 84.1 Å². The summed E-state index contributed by atoms with van der Waals surface area (Å²) in [5, 5.41) is 2.56. The van der Waals surface area contributed by atoms with Crippen molar-refractivity contribution in [3.63, 3.8) is 0 Å². The number of carbonyl (C=O) groups is 1. The molecular weight excluding hydrogens is 218 g/mol. The molecular formula is C11H19N5O. The van der Waals surface area contributed by atoms with Crippen molar-refractivity contribution in [2.24, 2.45) is 0 Å². The lowest BCUT2D eigenvalue weighted by molar-refractivity contribution is -0.119. The Morgan fingerprint density at radius 3 is 2.71 bits per heavy atom. The highest BCUT2D eigenvalue weighted by Gasteiger charge is 2.11. The van der Waals surface area contributed by atoms with Gasteiger partial charge in [-0.25, -0.2) is 9.97 Å². The van der Waals surface area contributed by atoms with Gasteiger partial charge in [-0.3, -0.25) is 4.79 Å². The minimum Gasteiger partial charge on any atom is -0.384 e. The van der Waals surface area contributed by atoms with Crippen LogP contribution in [0.1, 0.15) is 25.6 Å². The standard InChI is InChI=1S/C11H19N5O/c1-7(2)11-14-8(12)5-9(15-11)16(4)6-10(17)13-3/h5,7H,6H2,1-4H3,(H,13,17)(H2,12,14,15). The molecule has 0 bridgehead atoms. The zero-order chi connectivity index (χ0) is 13.0. The Balaban J connectivity index is 2.93. The number of carbonyl (C=O) groups excluding carboxylic acids is 1. The molecule has 0 aliphatic heterocycles. The largest absolute Gasteiger partial charge is 0.384 e. The molecule has 1 aromatic heterocycles. The summed E-state index contributed by atoms with van der Waals surface area (Å²) in [7, 11) is 3.39. The number of rotatable bonds is 4. The van der Waals surface area contributed by atoms with Crippen LogP contribution in [-0.2, 0) is 4.79 Å². The van der Waals surface area contributed by atoms with Gasteiger partial charge in [0.2, 0.25) is 5.91 Å². The highest BCUT2D eigenvalue weighted by molar-refractivity contribution is 5.80. The predicted molar refractivity (Wildman–Crippen MR) is 67.9 cm³/mol. The second-order valence-electron chi connectivity index (χ2n) is 4.19. The molecule has 0 unspecified atom stereocenters. The highest BCUT2D eigenvalue weighted by Crippen LogP contribution is 2.17. The Kier molecular flexibility index (Phi) is 4.25. The van der Waals surface area contributed by atoms with Crippen LogP contribution in [0, 0.1) is 0 Å². The molecule has 0 aromatic carbocycles. The average Bonchev–Trinajstić information content (AvgIpc) is 2.27. The van der Waals surface area contributed by atoms with Crippen LogP contribution in [0.5, 0.6) is 0 Å². The van der Waals surface area contributed by atoms with Crippen molar-refractivity contribution in [3.8, 4) is 0 Å². The molecule has 6 heteroatoms. The van der Waals surface area contributed by atoms with Crippen molar-refractivity contribution < 1.29 is 4.79 Å². The fraction of sp³-hybridized carbons (Fsp3) is 0.545. The molecule has 1 heterocycles. The van der Waals surface area contributed by atoms with Gasteiger partial charge in [0.15, 0.2) is 0 Å². The first-order valence-electron chi connectivity index (χ1n) is 5.50. The molecule has 1 rings (SSSR count). The molecule has 0 fully saturated rings. The summed E-state index contributed by atoms with van der Waals surface area (Å²) in [6.45, 7) is 4.24. The SMILES string of the molecule is CNC(=O)CN(C)c1cc(N)nc(C(C)C)n1. The van der Waals surface area contributed by atoms with Crippen molar-refractivity contribution in [2.75, 3.05) is 31.3 Å². The molecule has 94 valence electrons. The predicted octanol–water partition coefficient (Wildman–Crippen LogP) is 0.364. The summed E-state index contributed by atoms with van der Waals surface area (Å²) in [5.74, 6) is 1.89. The van der Waals surface area contributed by atoms with Crippen molar-refractivity contribution >= 4 is 17.5 Å². The number of hydrogen-bond acceptors (Lipinski definition) is 5. The van der Waals surface area contributed by atoms with Gasteiger partial charge in [0.25, 0.3) is 0 Å². The third-order valence-corrected chi connectivity index (χ3v) is 2.32. The minimum atomic E-state index is -0.0734. The lowest BCUT2D eigenvalue weighted by Crippen LogP contribution is -2.33. The van der Waals surface area contributed by atoms with Crippen LogP contribution in [0.3, 0.4) is 0 Å². The molecule has 1 amide bonds. The summed E-state index contributed by atoms with van der Waals surface area (Å²) in [6.07, 6.45) is 0. The van der Waals surface area contributed by atoms with Gasteiger partial charge in [-0.1, -0.05) is 13.8 Å². The number of hydrogen-bond donors (Lipinski definition) is 2. The third kappa shape index (κ3) is 3.58. The van der Waals surface area contributed by atoms with Crippen LogP contribution < -0.4 is 16.0 Å². The average molecular weight is 237 g/mol. The maximum atomic E-state index is 11.3. The van der Waals surface area contributed by atoms with Gasteiger partial charge in [0.1, 0.15) is 17.5 Å². The van der Waals surface area contributed by atoms with Crippen molar-refractivity contribution in [1.29, 1.82) is 0 Å². The first-order chi connectivity index (χ1) is 7.93. The number of likely N-dealkylation sites (N-methyl/N-ethyl adjacent to an activating group) is 2. The van der Waals surface area contributed by atoms with Crippen molar-refractivity contribution in [1.82, 2.24) is 15.3 Å². The van der Waals surface area contributed by atoms with Crippen LogP contribution in [0.25, 0.3) is 0 Å². The molecule has 1 aromatic rings. The van der Waals surface area contributed by atoms with E-state index in [9.17, 15) is 4.79 Å². The number of nitrogens with zero attached hydrogens (tertiary/aromatic N) is 3. The lowest BCUT2D eigenvalue weighted by Gasteiger charge is -2.18. The Labute approximate surface area is 101 Å². The normalized spacial score (nSPS) is 10.4. The van der Waals surface area contributed by atoms with Gasteiger partial charge >= 0.3 is 0 Å². The van der Waals surface area contributed by atoms with E-state index >= 15 is 0 Å². The Morgan fingerprint density at radius 1 is 1.53 bits per heavy atom. The minimum absolute atomic E-state index is 0.0734. The maximum Gasteiger partial charge on any atom is 0.239 e. The zero-order valence-corrected chi connectivity index (χ0v) is 10.7. The third-order valence-electron chi connectivity index (χ3n) is 2.32. The first kappa shape index (κ1) is 13.2. The van der Waals surface area contributed by atoms with Gasteiger partial charge in [-0.15, -0.1) is 0 Å². The molecule has 0 radical (unpaired) electrons. The van der Waals surface area contributed by atoms with Crippen molar-refractivity contribution in [2.45, 2.75) is 19.8 Å². The van der Waals surface area contributed by atoms with E-state index in [1.54, 1.807) is 25.1 Å². The van der Waals surface area contributed by atoms with Gasteiger partial charge in [-0.05, 0) is 0 Å². The molecule has 17 heavy (non-hydrogen) atoms. The van der Waals surface area contributed by atoms with Crippen LogP contribution in [0.4, 0.5) is 11.6 Å². The van der Waals surface area contributed by atoms with Gasteiger partial charge in [0, 0.05) is 26.1 Å². The van der Waals surface area contributed by atoms with Gasteiger partial charge in [-0.2, -0.15) is 0 Å².